The van der Waals surface area contributed by atoms with Gasteiger partial charge in [0.25, 0.3) is 0 Å². The summed E-state index contributed by atoms with van der Waals surface area (Å²) in [5.74, 6) is -0.572. The van der Waals surface area contributed by atoms with Crippen LogP contribution in [-0.4, -0.2) is 9.97 Å². The molecule has 1 N–H and O–H groups in total. The summed E-state index contributed by atoms with van der Waals surface area (Å²) in [6.45, 7) is 1.68. The molecule has 0 saturated carbocycles. The molecule has 0 saturated heterocycles. The van der Waals surface area contributed by atoms with Crippen LogP contribution in [0.2, 0.25) is 0 Å². The fourth-order valence-corrected chi connectivity index (χ4v) is 1.64. The van der Waals surface area contributed by atoms with Crippen LogP contribution >= 0.6 is 0 Å². The first kappa shape index (κ1) is 14.2. The van der Waals surface area contributed by atoms with Crippen molar-refractivity contribution in [2.45, 2.75) is 19.1 Å². The van der Waals surface area contributed by atoms with Crippen molar-refractivity contribution in [1.29, 1.82) is 0 Å². The van der Waals surface area contributed by atoms with Gasteiger partial charge in [0.15, 0.2) is 0 Å². The zero-order valence-corrected chi connectivity index (χ0v) is 10.4. The van der Waals surface area contributed by atoms with Crippen LogP contribution in [0.15, 0.2) is 36.5 Å². The van der Waals surface area contributed by atoms with Crippen LogP contribution in [0.3, 0.4) is 0 Å². The number of nitrogens with one attached hydrogen (secondary N) is 1. The number of halogens is 4. The minimum absolute atomic E-state index is 0.156. The van der Waals surface area contributed by atoms with E-state index in [2.05, 4.69) is 15.3 Å². The van der Waals surface area contributed by atoms with Crippen molar-refractivity contribution in [3.05, 3.63) is 53.6 Å². The highest BCUT2D eigenvalue weighted by atomic mass is 19.4. The molecule has 0 aliphatic carbocycles. The van der Waals surface area contributed by atoms with E-state index in [0.29, 0.717) is 5.56 Å². The molecule has 106 valence electrons. The van der Waals surface area contributed by atoms with Crippen molar-refractivity contribution >= 4 is 5.95 Å². The Labute approximate surface area is 112 Å². The van der Waals surface area contributed by atoms with Crippen LogP contribution < -0.4 is 5.32 Å². The maximum absolute atomic E-state index is 13.1. The number of rotatable bonds is 3. The van der Waals surface area contributed by atoms with Crippen molar-refractivity contribution in [1.82, 2.24) is 9.97 Å². The van der Waals surface area contributed by atoms with Gasteiger partial charge < -0.3 is 5.32 Å². The lowest BCUT2D eigenvalue weighted by Gasteiger charge is -2.15. The summed E-state index contributed by atoms with van der Waals surface area (Å²) >= 11 is 0. The SMILES string of the molecule is CC(Nc1nccc(C(F)(F)F)n1)c1cccc(F)c1. The van der Waals surface area contributed by atoms with Crippen molar-refractivity contribution in [2.75, 3.05) is 5.32 Å². The van der Waals surface area contributed by atoms with E-state index in [0.717, 1.165) is 12.3 Å². The minimum atomic E-state index is -4.53. The largest absolute Gasteiger partial charge is 0.433 e. The third-order valence-electron chi connectivity index (χ3n) is 2.64. The molecule has 1 heterocycles. The van der Waals surface area contributed by atoms with E-state index in [1.165, 1.54) is 18.2 Å². The van der Waals surface area contributed by atoms with Gasteiger partial charge in [-0.25, -0.2) is 14.4 Å². The predicted molar refractivity (Wildman–Crippen MR) is 65.5 cm³/mol. The van der Waals surface area contributed by atoms with Gasteiger partial charge in [0.1, 0.15) is 11.5 Å². The highest BCUT2D eigenvalue weighted by molar-refractivity contribution is 5.32. The number of benzene rings is 1. The molecule has 0 bridgehead atoms. The molecule has 0 spiro atoms. The van der Waals surface area contributed by atoms with Gasteiger partial charge in [-0.2, -0.15) is 13.2 Å². The van der Waals surface area contributed by atoms with Gasteiger partial charge in [0.2, 0.25) is 5.95 Å². The van der Waals surface area contributed by atoms with Gasteiger partial charge in [0.05, 0.1) is 6.04 Å². The van der Waals surface area contributed by atoms with E-state index in [9.17, 15) is 17.6 Å². The smallest absolute Gasteiger partial charge is 0.348 e. The van der Waals surface area contributed by atoms with Gasteiger partial charge in [-0.15, -0.1) is 0 Å². The molecule has 20 heavy (non-hydrogen) atoms. The summed E-state index contributed by atoms with van der Waals surface area (Å²) in [6, 6.07) is 6.14. The molecule has 0 radical (unpaired) electrons. The molecule has 1 atom stereocenters. The molecule has 1 aromatic carbocycles. The van der Waals surface area contributed by atoms with Crippen LogP contribution in [0.4, 0.5) is 23.5 Å². The first-order chi connectivity index (χ1) is 9.36. The summed E-state index contributed by atoms with van der Waals surface area (Å²) < 4.78 is 50.6. The van der Waals surface area contributed by atoms with Crippen LogP contribution in [0.25, 0.3) is 0 Å². The quantitative estimate of drug-likeness (QED) is 0.871. The number of alkyl halides is 3. The molecule has 3 nitrogen and oxygen atoms in total. The lowest BCUT2D eigenvalue weighted by Crippen LogP contribution is -2.13. The topological polar surface area (TPSA) is 37.8 Å². The zero-order chi connectivity index (χ0) is 14.8. The summed E-state index contributed by atoms with van der Waals surface area (Å²) in [5, 5.41) is 2.71. The Hall–Kier alpha value is -2.18. The van der Waals surface area contributed by atoms with E-state index in [4.69, 9.17) is 0 Å². The van der Waals surface area contributed by atoms with Crippen molar-refractivity contribution in [2.24, 2.45) is 0 Å². The molecular formula is C13H11F4N3. The fourth-order valence-electron chi connectivity index (χ4n) is 1.64. The Morgan fingerprint density at radius 2 is 1.95 bits per heavy atom. The van der Waals surface area contributed by atoms with Gasteiger partial charge in [-0.3, -0.25) is 0 Å². The summed E-state index contributed by atoms with van der Waals surface area (Å²) in [5.41, 5.74) is -0.438. The molecule has 7 heteroatoms. The molecular weight excluding hydrogens is 274 g/mol. The molecule has 1 aromatic heterocycles. The second-order valence-corrected chi connectivity index (χ2v) is 4.18. The second-order valence-electron chi connectivity index (χ2n) is 4.18. The van der Waals surface area contributed by atoms with Gasteiger partial charge >= 0.3 is 6.18 Å². The van der Waals surface area contributed by atoms with Gasteiger partial charge in [-0.05, 0) is 30.7 Å². The van der Waals surface area contributed by atoms with Gasteiger partial charge in [0, 0.05) is 6.20 Å². The predicted octanol–water partition coefficient (Wildman–Crippen LogP) is 3.81. The van der Waals surface area contributed by atoms with Crippen molar-refractivity contribution in [3.8, 4) is 0 Å². The molecule has 1 unspecified atom stereocenters. The standard InChI is InChI=1S/C13H11F4N3/c1-8(9-3-2-4-10(14)7-9)19-12-18-6-5-11(20-12)13(15,16)17/h2-8H,1H3,(H,18,19,20). The molecule has 0 fully saturated rings. The molecule has 2 aromatic rings. The lowest BCUT2D eigenvalue weighted by molar-refractivity contribution is -0.141. The Bertz CT molecular complexity index is 598. The van der Waals surface area contributed by atoms with E-state index < -0.39 is 23.7 Å². The van der Waals surface area contributed by atoms with Gasteiger partial charge in [-0.1, -0.05) is 12.1 Å². The number of aromatic nitrogens is 2. The average Bonchev–Trinajstić information content (AvgIpc) is 2.38. The summed E-state index contributed by atoms with van der Waals surface area (Å²) in [7, 11) is 0. The molecule has 0 aliphatic heterocycles. The van der Waals surface area contributed by atoms with Crippen molar-refractivity contribution < 1.29 is 17.6 Å². The third-order valence-corrected chi connectivity index (χ3v) is 2.64. The Balaban J connectivity index is 2.18. The van der Waals surface area contributed by atoms with Crippen LogP contribution in [0.5, 0.6) is 0 Å². The van der Waals surface area contributed by atoms with E-state index >= 15 is 0 Å². The number of hydrogen-bond acceptors (Lipinski definition) is 3. The minimum Gasteiger partial charge on any atom is -0.348 e. The highest BCUT2D eigenvalue weighted by Crippen LogP contribution is 2.28. The zero-order valence-electron chi connectivity index (χ0n) is 10.4. The first-order valence-corrected chi connectivity index (χ1v) is 5.78. The molecule has 0 amide bonds. The van der Waals surface area contributed by atoms with Crippen LogP contribution in [0, 0.1) is 5.82 Å². The number of hydrogen-bond donors (Lipinski definition) is 1. The maximum Gasteiger partial charge on any atom is 0.433 e. The number of nitrogens with zero attached hydrogens (tertiary/aromatic N) is 2. The fraction of sp³-hybridized carbons (Fsp3) is 0.231. The van der Waals surface area contributed by atoms with E-state index in [-0.39, 0.29) is 5.95 Å². The maximum atomic E-state index is 13.1. The van der Waals surface area contributed by atoms with Crippen LogP contribution in [0.1, 0.15) is 24.2 Å². The third kappa shape index (κ3) is 3.43. The van der Waals surface area contributed by atoms with E-state index in [1.807, 2.05) is 0 Å². The monoisotopic (exact) mass is 285 g/mol. The average molecular weight is 285 g/mol. The second kappa shape index (κ2) is 5.44. The Morgan fingerprint density at radius 3 is 2.60 bits per heavy atom. The Kier molecular flexibility index (Phi) is 3.87. The first-order valence-electron chi connectivity index (χ1n) is 5.78. The number of anilines is 1. The normalized spacial score (nSPS) is 13.1. The summed E-state index contributed by atoms with van der Waals surface area (Å²) in [4.78, 5) is 7.12. The lowest BCUT2D eigenvalue weighted by atomic mass is 10.1. The van der Waals surface area contributed by atoms with E-state index in [1.54, 1.807) is 13.0 Å². The molecule has 2 rings (SSSR count). The van der Waals surface area contributed by atoms with Crippen LogP contribution in [-0.2, 0) is 6.18 Å². The highest BCUT2D eigenvalue weighted by Gasteiger charge is 2.32. The molecule has 0 aliphatic rings. The Morgan fingerprint density at radius 1 is 1.20 bits per heavy atom. The van der Waals surface area contributed by atoms with Crippen molar-refractivity contribution in [3.63, 3.8) is 0 Å². The summed E-state index contributed by atoms with van der Waals surface area (Å²) in [6.07, 6.45) is -3.50.